The third-order valence-electron chi connectivity index (χ3n) is 3.80. The molecule has 1 aromatic carbocycles. The normalized spacial score (nSPS) is 21.8. The highest BCUT2D eigenvalue weighted by Crippen LogP contribution is 2.25. The number of nitrogens with one attached hydrogen (secondary N) is 1. The van der Waals surface area contributed by atoms with Crippen LogP contribution in [0.25, 0.3) is 0 Å². The molecule has 0 aromatic heterocycles. The van der Waals surface area contributed by atoms with Crippen LogP contribution in [0.5, 0.6) is 0 Å². The molecule has 0 unspecified atom stereocenters. The van der Waals surface area contributed by atoms with E-state index in [-0.39, 0.29) is 29.1 Å². The highest BCUT2D eigenvalue weighted by molar-refractivity contribution is 5.99. The van der Waals surface area contributed by atoms with Gasteiger partial charge < -0.3 is 16.8 Å². The third kappa shape index (κ3) is 3.48. The van der Waals surface area contributed by atoms with Crippen LogP contribution >= 0.6 is 0 Å². The molecular formula is C14H17F2N3O2. The maximum absolute atomic E-state index is 13.2. The van der Waals surface area contributed by atoms with Gasteiger partial charge in [-0.1, -0.05) is 0 Å². The standard InChI is InChI=1S/C14H17F2N3O2/c15-10-5-9(12(17)6-11(10)16)14(21)19-8-3-1-7(2-4-8)13(18)20/h5-8H,1-4,17H2,(H2,18,20)(H,19,21). The van der Waals surface area contributed by atoms with Crippen LogP contribution < -0.4 is 16.8 Å². The van der Waals surface area contributed by atoms with Crippen LogP contribution in [0.2, 0.25) is 0 Å². The Morgan fingerprint density at radius 1 is 1.10 bits per heavy atom. The second-order valence-electron chi connectivity index (χ2n) is 5.28. The molecule has 114 valence electrons. The summed E-state index contributed by atoms with van der Waals surface area (Å²) in [4.78, 5) is 23.1. The molecule has 0 saturated heterocycles. The number of hydrogen-bond acceptors (Lipinski definition) is 3. The van der Waals surface area contributed by atoms with Crippen LogP contribution in [-0.4, -0.2) is 17.9 Å². The number of benzene rings is 1. The summed E-state index contributed by atoms with van der Waals surface area (Å²) in [6, 6.07) is 1.45. The van der Waals surface area contributed by atoms with Crippen molar-refractivity contribution < 1.29 is 18.4 Å². The summed E-state index contributed by atoms with van der Waals surface area (Å²) in [5.41, 5.74) is 10.6. The quantitative estimate of drug-likeness (QED) is 0.734. The lowest BCUT2D eigenvalue weighted by Gasteiger charge is -2.27. The molecule has 5 N–H and O–H groups in total. The molecule has 0 aliphatic heterocycles. The number of amides is 2. The Bertz CT molecular complexity index is 570. The van der Waals surface area contributed by atoms with E-state index in [0.717, 1.165) is 12.1 Å². The lowest BCUT2D eigenvalue weighted by atomic mass is 9.85. The van der Waals surface area contributed by atoms with E-state index in [2.05, 4.69) is 5.32 Å². The number of primary amides is 1. The number of nitrogens with two attached hydrogens (primary N) is 2. The molecule has 2 rings (SSSR count). The Morgan fingerprint density at radius 3 is 2.24 bits per heavy atom. The van der Waals surface area contributed by atoms with Gasteiger partial charge in [-0.05, 0) is 31.7 Å². The maximum atomic E-state index is 13.2. The largest absolute Gasteiger partial charge is 0.398 e. The Morgan fingerprint density at radius 2 is 1.67 bits per heavy atom. The van der Waals surface area contributed by atoms with E-state index in [9.17, 15) is 18.4 Å². The van der Waals surface area contributed by atoms with E-state index in [1.807, 2.05) is 0 Å². The average molecular weight is 297 g/mol. The van der Waals surface area contributed by atoms with E-state index in [1.165, 1.54) is 0 Å². The first kappa shape index (κ1) is 15.2. The van der Waals surface area contributed by atoms with Crippen LogP contribution in [0.1, 0.15) is 36.0 Å². The van der Waals surface area contributed by atoms with Crippen LogP contribution in [0, 0.1) is 17.6 Å². The van der Waals surface area contributed by atoms with Gasteiger partial charge in [0.1, 0.15) is 0 Å². The lowest BCUT2D eigenvalue weighted by Crippen LogP contribution is -2.40. The van der Waals surface area contributed by atoms with Gasteiger partial charge in [-0.2, -0.15) is 0 Å². The number of carbonyl (C=O) groups excluding carboxylic acids is 2. The first-order chi connectivity index (χ1) is 9.88. The molecule has 1 aliphatic carbocycles. The summed E-state index contributed by atoms with van der Waals surface area (Å²) >= 11 is 0. The minimum absolute atomic E-state index is 0.0917. The molecule has 1 aromatic rings. The van der Waals surface area contributed by atoms with Gasteiger partial charge in [-0.15, -0.1) is 0 Å². The molecule has 0 radical (unpaired) electrons. The fraction of sp³-hybridized carbons (Fsp3) is 0.429. The topological polar surface area (TPSA) is 98.2 Å². The summed E-state index contributed by atoms with van der Waals surface area (Å²) in [5.74, 6) is -3.25. The summed E-state index contributed by atoms with van der Waals surface area (Å²) in [5, 5.41) is 2.72. The Balaban J connectivity index is 2.00. The fourth-order valence-corrected chi connectivity index (χ4v) is 2.54. The Labute approximate surface area is 120 Å². The summed E-state index contributed by atoms with van der Waals surface area (Å²) in [6.45, 7) is 0. The van der Waals surface area contributed by atoms with E-state index in [0.29, 0.717) is 25.7 Å². The predicted octanol–water partition coefficient (Wildman–Crippen LogP) is 1.32. The molecule has 7 heteroatoms. The minimum atomic E-state index is -1.12. The zero-order valence-corrected chi connectivity index (χ0v) is 11.4. The van der Waals surface area contributed by atoms with E-state index >= 15 is 0 Å². The van der Waals surface area contributed by atoms with Crippen LogP contribution in [0.4, 0.5) is 14.5 Å². The smallest absolute Gasteiger partial charge is 0.253 e. The number of nitrogen functional groups attached to an aromatic ring is 1. The molecule has 1 aliphatic rings. The van der Waals surface area contributed by atoms with Gasteiger partial charge in [0.2, 0.25) is 5.91 Å². The highest BCUT2D eigenvalue weighted by atomic mass is 19.2. The third-order valence-corrected chi connectivity index (χ3v) is 3.80. The van der Waals surface area contributed by atoms with E-state index in [4.69, 9.17) is 11.5 Å². The summed E-state index contributed by atoms with van der Waals surface area (Å²) in [7, 11) is 0. The maximum Gasteiger partial charge on any atom is 0.253 e. The SMILES string of the molecule is NC(=O)C1CCC(NC(=O)c2cc(F)c(F)cc2N)CC1. The van der Waals surface area contributed by atoms with Crippen molar-refractivity contribution >= 4 is 17.5 Å². The van der Waals surface area contributed by atoms with Crippen molar-refractivity contribution in [3.8, 4) is 0 Å². The summed E-state index contributed by atoms with van der Waals surface area (Å²) in [6.07, 6.45) is 2.44. The van der Waals surface area contributed by atoms with Crippen molar-refractivity contribution in [2.24, 2.45) is 11.7 Å². The number of carbonyl (C=O) groups is 2. The van der Waals surface area contributed by atoms with Gasteiger partial charge in [0.25, 0.3) is 5.91 Å². The zero-order valence-electron chi connectivity index (χ0n) is 11.4. The first-order valence-corrected chi connectivity index (χ1v) is 6.73. The van der Waals surface area contributed by atoms with Crippen molar-refractivity contribution in [3.05, 3.63) is 29.3 Å². The van der Waals surface area contributed by atoms with Gasteiger partial charge in [-0.3, -0.25) is 9.59 Å². The molecule has 0 bridgehead atoms. The number of anilines is 1. The van der Waals surface area contributed by atoms with Crippen LogP contribution in [-0.2, 0) is 4.79 Å². The molecule has 2 amide bonds. The number of hydrogen-bond donors (Lipinski definition) is 3. The highest BCUT2D eigenvalue weighted by Gasteiger charge is 2.26. The lowest BCUT2D eigenvalue weighted by molar-refractivity contribution is -0.122. The minimum Gasteiger partial charge on any atom is -0.398 e. The molecule has 1 saturated carbocycles. The van der Waals surface area contributed by atoms with Gasteiger partial charge >= 0.3 is 0 Å². The Hall–Kier alpha value is -2.18. The molecular weight excluding hydrogens is 280 g/mol. The second-order valence-corrected chi connectivity index (χ2v) is 5.28. The molecule has 5 nitrogen and oxygen atoms in total. The first-order valence-electron chi connectivity index (χ1n) is 6.73. The summed E-state index contributed by atoms with van der Waals surface area (Å²) < 4.78 is 26.1. The average Bonchev–Trinajstić information content (AvgIpc) is 2.43. The molecule has 0 heterocycles. The van der Waals surface area contributed by atoms with Gasteiger partial charge in [0, 0.05) is 23.7 Å². The predicted molar refractivity (Wildman–Crippen MR) is 73.2 cm³/mol. The molecule has 0 atom stereocenters. The van der Waals surface area contributed by atoms with Gasteiger partial charge in [0.15, 0.2) is 11.6 Å². The van der Waals surface area contributed by atoms with Crippen molar-refractivity contribution in [1.82, 2.24) is 5.32 Å². The van der Waals surface area contributed by atoms with Crippen LogP contribution in [0.15, 0.2) is 12.1 Å². The monoisotopic (exact) mass is 297 g/mol. The van der Waals surface area contributed by atoms with E-state index in [1.54, 1.807) is 0 Å². The van der Waals surface area contributed by atoms with Gasteiger partial charge in [0.05, 0.1) is 5.56 Å². The van der Waals surface area contributed by atoms with Gasteiger partial charge in [-0.25, -0.2) is 8.78 Å². The fourth-order valence-electron chi connectivity index (χ4n) is 2.54. The zero-order chi connectivity index (χ0) is 15.6. The number of halogens is 2. The van der Waals surface area contributed by atoms with Crippen molar-refractivity contribution in [1.29, 1.82) is 0 Å². The van der Waals surface area contributed by atoms with Crippen molar-refractivity contribution in [2.45, 2.75) is 31.7 Å². The molecule has 0 spiro atoms. The molecule has 1 fully saturated rings. The number of rotatable bonds is 3. The van der Waals surface area contributed by atoms with Crippen LogP contribution in [0.3, 0.4) is 0 Å². The van der Waals surface area contributed by atoms with E-state index < -0.39 is 17.5 Å². The second kappa shape index (κ2) is 6.07. The molecule has 21 heavy (non-hydrogen) atoms. The van der Waals surface area contributed by atoms with Crippen molar-refractivity contribution in [2.75, 3.05) is 5.73 Å². The Kier molecular flexibility index (Phi) is 4.40. The van der Waals surface area contributed by atoms with Crippen molar-refractivity contribution in [3.63, 3.8) is 0 Å².